The number of esters is 3. The quantitative estimate of drug-likeness (QED) is 0.351. The maximum absolute atomic E-state index is 12.4. The Hall–Kier alpha value is -2.61. The van der Waals surface area contributed by atoms with Gasteiger partial charge in [-0.25, -0.2) is 0 Å². The number of carbonyl (C=O) groups is 3. The standard InChI is InChI=1S/C26H33NO7/c1-15(28)33-20-10-8-16-13-19-18-9-7-17(14-32-22(30)6-4-3-5-21(29)31-2)25-26(18,11-12-27-19)23(16)24(20)34-25/h8,10,17-19,25,27H,3-7,9,11-14H2,1-2H3/t17-,18+,19-,25+,26+/m1/s1. The number of hydrogen-bond acceptors (Lipinski definition) is 8. The first-order valence-electron chi connectivity index (χ1n) is 12.4. The predicted octanol–water partition coefficient (Wildman–Crippen LogP) is 2.83. The lowest BCUT2D eigenvalue weighted by Gasteiger charge is -2.56. The summed E-state index contributed by atoms with van der Waals surface area (Å²) in [5, 5.41) is 3.72. The van der Waals surface area contributed by atoms with Crippen molar-refractivity contribution in [1.29, 1.82) is 0 Å². The van der Waals surface area contributed by atoms with Gasteiger partial charge in [-0.2, -0.15) is 0 Å². The van der Waals surface area contributed by atoms with Crippen LogP contribution in [0, 0.1) is 11.8 Å². The highest BCUT2D eigenvalue weighted by atomic mass is 16.6. The minimum absolute atomic E-state index is 0.0811. The predicted molar refractivity (Wildman–Crippen MR) is 122 cm³/mol. The van der Waals surface area contributed by atoms with Gasteiger partial charge in [0.1, 0.15) is 6.10 Å². The molecule has 1 saturated carbocycles. The zero-order valence-electron chi connectivity index (χ0n) is 19.9. The van der Waals surface area contributed by atoms with Crippen molar-refractivity contribution in [2.24, 2.45) is 11.8 Å². The Bertz CT molecular complexity index is 992. The van der Waals surface area contributed by atoms with E-state index in [9.17, 15) is 14.4 Å². The van der Waals surface area contributed by atoms with Crippen molar-refractivity contribution in [2.45, 2.75) is 75.9 Å². The molecule has 4 aliphatic rings. The fourth-order valence-electron chi connectivity index (χ4n) is 6.88. The smallest absolute Gasteiger partial charge is 0.308 e. The largest absolute Gasteiger partial charge is 0.485 e. The zero-order chi connectivity index (χ0) is 23.9. The molecule has 1 aromatic carbocycles. The molecule has 2 heterocycles. The van der Waals surface area contributed by atoms with E-state index in [2.05, 4.69) is 16.1 Å². The van der Waals surface area contributed by atoms with E-state index in [-0.39, 0.29) is 41.8 Å². The fraction of sp³-hybridized carbons (Fsp3) is 0.654. The lowest BCUT2D eigenvalue weighted by molar-refractivity contribution is -0.149. The highest BCUT2D eigenvalue weighted by molar-refractivity contribution is 5.72. The summed E-state index contributed by atoms with van der Waals surface area (Å²) in [6, 6.07) is 4.35. The summed E-state index contributed by atoms with van der Waals surface area (Å²) < 4.78 is 22.5. The molecule has 2 fully saturated rings. The Kier molecular flexibility index (Phi) is 6.27. The second kappa shape index (κ2) is 9.21. The Balaban J connectivity index is 1.32. The molecule has 184 valence electrons. The van der Waals surface area contributed by atoms with Gasteiger partial charge in [-0.15, -0.1) is 0 Å². The molecule has 0 unspecified atom stereocenters. The first-order valence-corrected chi connectivity index (χ1v) is 12.4. The van der Waals surface area contributed by atoms with E-state index in [1.165, 1.54) is 25.2 Å². The van der Waals surface area contributed by atoms with Crippen molar-refractivity contribution >= 4 is 17.9 Å². The van der Waals surface area contributed by atoms with Crippen LogP contribution in [0.15, 0.2) is 12.1 Å². The van der Waals surface area contributed by atoms with Gasteiger partial charge in [0.05, 0.1) is 13.7 Å². The summed E-state index contributed by atoms with van der Waals surface area (Å²) >= 11 is 0. The van der Waals surface area contributed by atoms with Gasteiger partial charge in [0.25, 0.3) is 0 Å². The van der Waals surface area contributed by atoms with Crippen LogP contribution >= 0.6 is 0 Å². The molecule has 0 aromatic heterocycles. The van der Waals surface area contributed by atoms with Crippen molar-refractivity contribution in [3.8, 4) is 11.5 Å². The van der Waals surface area contributed by atoms with Crippen molar-refractivity contribution < 1.29 is 33.3 Å². The molecule has 5 rings (SSSR count). The molecule has 1 aromatic rings. The Morgan fingerprint density at radius 2 is 1.94 bits per heavy atom. The highest BCUT2D eigenvalue weighted by Gasteiger charge is 2.64. The molecule has 2 bridgehead atoms. The molecule has 8 heteroatoms. The van der Waals surface area contributed by atoms with Gasteiger partial charge in [0.2, 0.25) is 0 Å². The SMILES string of the molecule is COC(=O)CCCCC(=O)OC[C@H]1CC[C@H]2[C@H]3Cc4ccc(OC(C)=O)c5c4[C@@]2(CCN3)[C@H]1O5. The number of carbonyl (C=O) groups excluding carboxylic acids is 3. The number of piperidine rings is 1. The Labute approximate surface area is 199 Å². The third-order valence-electron chi connectivity index (χ3n) is 8.19. The number of ether oxygens (including phenoxy) is 4. The van der Waals surface area contributed by atoms with Gasteiger partial charge in [0, 0.05) is 42.7 Å². The van der Waals surface area contributed by atoms with Crippen molar-refractivity contribution in [1.82, 2.24) is 5.32 Å². The maximum Gasteiger partial charge on any atom is 0.308 e. The second-order valence-corrected chi connectivity index (χ2v) is 10.0. The number of unbranched alkanes of at least 4 members (excludes halogenated alkanes) is 1. The van der Waals surface area contributed by atoms with Crippen LogP contribution in [0.3, 0.4) is 0 Å². The Morgan fingerprint density at radius 3 is 2.71 bits per heavy atom. The number of methoxy groups -OCH3 is 1. The third kappa shape index (κ3) is 3.85. The van der Waals surface area contributed by atoms with Gasteiger partial charge in [-0.3, -0.25) is 14.4 Å². The van der Waals surface area contributed by atoms with E-state index >= 15 is 0 Å². The summed E-state index contributed by atoms with van der Waals surface area (Å²) in [7, 11) is 1.36. The lowest BCUT2D eigenvalue weighted by atomic mass is 9.50. The normalized spacial score (nSPS) is 30.1. The topological polar surface area (TPSA) is 100 Å². The van der Waals surface area contributed by atoms with Gasteiger partial charge in [-0.05, 0) is 62.6 Å². The molecule has 0 radical (unpaired) electrons. The lowest BCUT2D eigenvalue weighted by Crippen LogP contribution is -2.65. The van der Waals surface area contributed by atoms with Crippen molar-refractivity contribution in [3.63, 3.8) is 0 Å². The van der Waals surface area contributed by atoms with Gasteiger partial charge in [0.15, 0.2) is 11.5 Å². The van der Waals surface area contributed by atoms with E-state index < -0.39 is 0 Å². The first kappa shape index (κ1) is 23.1. The molecule has 2 aliphatic heterocycles. The molecular formula is C26H33NO7. The van der Waals surface area contributed by atoms with Crippen LogP contribution in [0.25, 0.3) is 0 Å². The van der Waals surface area contributed by atoms with Crippen molar-refractivity contribution in [3.05, 3.63) is 23.3 Å². The molecule has 34 heavy (non-hydrogen) atoms. The summed E-state index contributed by atoms with van der Waals surface area (Å²) in [6.45, 7) is 2.65. The molecular weight excluding hydrogens is 438 g/mol. The second-order valence-electron chi connectivity index (χ2n) is 10.0. The minimum atomic E-state index is -0.361. The molecule has 1 saturated heterocycles. The van der Waals surface area contributed by atoms with Crippen molar-refractivity contribution in [2.75, 3.05) is 20.3 Å². The minimum Gasteiger partial charge on any atom is -0.485 e. The van der Waals surface area contributed by atoms with Gasteiger partial charge in [-0.1, -0.05) is 6.07 Å². The number of benzene rings is 1. The molecule has 8 nitrogen and oxygen atoms in total. The highest BCUT2D eigenvalue weighted by Crippen LogP contribution is 2.63. The van der Waals surface area contributed by atoms with Crippen LogP contribution in [0.5, 0.6) is 11.5 Å². The van der Waals surface area contributed by atoms with E-state index in [4.69, 9.17) is 14.2 Å². The molecule has 1 N–H and O–H groups in total. The average molecular weight is 472 g/mol. The molecule has 0 amide bonds. The Morgan fingerprint density at radius 1 is 1.15 bits per heavy atom. The molecule has 5 atom stereocenters. The van der Waals surface area contributed by atoms with Crippen LogP contribution in [-0.2, 0) is 35.7 Å². The van der Waals surface area contributed by atoms with Crippen LogP contribution in [-0.4, -0.2) is 50.3 Å². The zero-order valence-corrected chi connectivity index (χ0v) is 19.9. The van der Waals surface area contributed by atoms with E-state index in [1.807, 2.05) is 6.07 Å². The summed E-state index contributed by atoms with van der Waals surface area (Å²) in [4.78, 5) is 35.3. The van der Waals surface area contributed by atoms with E-state index in [0.717, 1.165) is 32.2 Å². The average Bonchev–Trinajstić information content (AvgIpc) is 3.16. The van der Waals surface area contributed by atoms with E-state index in [0.29, 0.717) is 49.3 Å². The number of hydrogen-bond donors (Lipinski definition) is 1. The monoisotopic (exact) mass is 471 g/mol. The van der Waals surface area contributed by atoms with Crippen LogP contribution in [0.4, 0.5) is 0 Å². The third-order valence-corrected chi connectivity index (χ3v) is 8.19. The first-order chi connectivity index (χ1) is 16.4. The van der Waals surface area contributed by atoms with Crippen LogP contribution in [0.2, 0.25) is 0 Å². The number of rotatable bonds is 8. The van der Waals surface area contributed by atoms with Gasteiger partial charge < -0.3 is 24.3 Å². The van der Waals surface area contributed by atoms with Crippen LogP contribution in [0.1, 0.15) is 63.0 Å². The van der Waals surface area contributed by atoms with Gasteiger partial charge >= 0.3 is 17.9 Å². The van der Waals surface area contributed by atoms with E-state index in [1.54, 1.807) is 0 Å². The summed E-state index contributed by atoms with van der Waals surface area (Å²) in [5.74, 6) is 0.877. The molecule has 1 spiro atoms. The summed E-state index contributed by atoms with van der Waals surface area (Å²) in [5.41, 5.74) is 2.35. The maximum atomic E-state index is 12.4. The van der Waals surface area contributed by atoms with Crippen LogP contribution < -0.4 is 14.8 Å². The summed E-state index contributed by atoms with van der Waals surface area (Å²) in [6.07, 6.45) is 5.59. The number of nitrogens with one attached hydrogen (secondary N) is 1. The fourth-order valence-corrected chi connectivity index (χ4v) is 6.88. The molecule has 2 aliphatic carbocycles.